The van der Waals surface area contributed by atoms with Crippen molar-refractivity contribution in [3.8, 4) is 5.75 Å². The quantitative estimate of drug-likeness (QED) is 0.789. The fourth-order valence-corrected chi connectivity index (χ4v) is 2.01. The third kappa shape index (κ3) is 2.10. The second-order valence-corrected chi connectivity index (χ2v) is 4.01. The van der Waals surface area contributed by atoms with E-state index in [0.29, 0.717) is 0 Å². The molecule has 1 amide bonds. The Morgan fingerprint density at radius 3 is 3.06 bits per heavy atom. The summed E-state index contributed by atoms with van der Waals surface area (Å²) in [5, 5.41) is 3.18. The zero-order valence-corrected chi connectivity index (χ0v) is 9.32. The molecule has 1 aliphatic rings. The molecule has 0 fully saturated rings. The summed E-state index contributed by atoms with van der Waals surface area (Å²) in [6.07, 6.45) is 2.69. The summed E-state index contributed by atoms with van der Waals surface area (Å²) < 4.78 is 5.18. The Bertz CT molecular complexity index is 404. The average molecular weight is 220 g/mol. The number of methoxy groups -OCH3 is 1. The predicted octanol–water partition coefficient (Wildman–Crippen LogP) is 1.30. The van der Waals surface area contributed by atoms with E-state index in [9.17, 15) is 4.79 Å². The van der Waals surface area contributed by atoms with Crippen LogP contribution in [0.25, 0.3) is 0 Å². The second kappa shape index (κ2) is 4.43. The van der Waals surface area contributed by atoms with Crippen LogP contribution in [0.1, 0.15) is 18.4 Å². The highest BCUT2D eigenvalue weighted by Crippen LogP contribution is 2.27. The van der Waals surface area contributed by atoms with Crippen molar-refractivity contribution >= 4 is 11.6 Å². The van der Waals surface area contributed by atoms with Gasteiger partial charge in [0.25, 0.3) is 0 Å². The normalized spacial score (nSPS) is 19.2. The molecule has 0 bridgehead atoms. The van der Waals surface area contributed by atoms with E-state index < -0.39 is 0 Å². The largest absolute Gasteiger partial charge is 0.497 e. The van der Waals surface area contributed by atoms with Gasteiger partial charge in [0.1, 0.15) is 11.8 Å². The molecule has 4 heteroatoms. The molecule has 1 aromatic carbocycles. The molecule has 4 nitrogen and oxygen atoms in total. The van der Waals surface area contributed by atoms with Crippen molar-refractivity contribution in [1.82, 2.24) is 0 Å². The summed E-state index contributed by atoms with van der Waals surface area (Å²) in [6, 6.07) is 5.57. The highest BCUT2D eigenvalue weighted by atomic mass is 16.5. The number of rotatable bonds is 2. The molecule has 0 aromatic heterocycles. The van der Waals surface area contributed by atoms with Crippen molar-refractivity contribution < 1.29 is 9.53 Å². The Morgan fingerprint density at radius 1 is 1.56 bits per heavy atom. The number of fused-ring (bicyclic) bond motifs is 1. The lowest BCUT2D eigenvalue weighted by molar-refractivity contribution is -0.118. The molecule has 2 rings (SSSR count). The third-order valence-corrected chi connectivity index (χ3v) is 2.92. The molecule has 0 spiro atoms. The first-order valence-electron chi connectivity index (χ1n) is 5.43. The number of benzene rings is 1. The number of nitrogens with one attached hydrogen (secondary N) is 1. The topological polar surface area (TPSA) is 64.3 Å². The maximum Gasteiger partial charge on any atom is 0.239 e. The molecule has 1 heterocycles. The lowest BCUT2D eigenvalue weighted by Crippen LogP contribution is -2.34. The average Bonchev–Trinajstić information content (AvgIpc) is 2.49. The third-order valence-electron chi connectivity index (χ3n) is 2.92. The van der Waals surface area contributed by atoms with Crippen LogP contribution in [0.4, 0.5) is 5.69 Å². The van der Waals surface area contributed by atoms with Crippen LogP contribution in [-0.4, -0.2) is 19.1 Å². The van der Waals surface area contributed by atoms with Crippen molar-refractivity contribution in [2.75, 3.05) is 12.4 Å². The van der Waals surface area contributed by atoms with E-state index in [4.69, 9.17) is 10.5 Å². The number of hydrogen-bond acceptors (Lipinski definition) is 3. The van der Waals surface area contributed by atoms with E-state index in [2.05, 4.69) is 5.32 Å². The van der Waals surface area contributed by atoms with Crippen LogP contribution >= 0.6 is 0 Å². The molecular formula is C12H16N2O2. The van der Waals surface area contributed by atoms with Gasteiger partial charge in [-0.2, -0.15) is 0 Å². The van der Waals surface area contributed by atoms with Crippen LogP contribution in [0.2, 0.25) is 0 Å². The molecular weight excluding hydrogens is 204 g/mol. The number of ether oxygens (including phenoxy) is 1. The number of primary amides is 1. The molecule has 1 unspecified atom stereocenters. The number of aryl methyl sites for hydroxylation is 1. The van der Waals surface area contributed by atoms with Crippen molar-refractivity contribution in [2.24, 2.45) is 5.73 Å². The second-order valence-electron chi connectivity index (χ2n) is 4.01. The van der Waals surface area contributed by atoms with Gasteiger partial charge in [0, 0.05) is 5.69 Å². The molecule has 1 aromatic rings. The Kier molecular flexibility index (Phi) is 2.99. The SMILES string of the molecule is COc1ccc2c(c1)CCCC(C(N)=O)N2. The van der Waals surface area contributed by atoms with E-state index in [1.165, 1.54) is 5.56 Å². The van der Waals surface area contributed by atoms with Crippen molar-refractivity contribution in [3.05, 3.63) is 23.8 Å². The standard InChI is InChI=1S/C12H16N2O2/c1-16-9-5-6-10-8(7-9)3-2-4-11(14-10)12(13)15/h5-7,11,14H,2-4H2,1H3,(H2,13,15). The number of carbonyl (C=O) groups excluding carboxylic acids is 1. The van der Waals surface area contributed by atoms with Crippen LogP contribution in [0.5, 0.6) is 5.75 Å². The van der Waals surface area contributed by atoms with E-state index in [0.717, 1.165) is 30.7 Å². The number of nitrogens with two attached hydrogens (primary N) is 1. The van der Waals surface area contributed by atoms with Gasteiger partial charge in [-0.25, -0.2) is 0 Å². The first-order chi connectivity index (χ1) is 7.70. The fraction of sp³-hybridized carbons (Fsp3) is 0.417. The maximum atomic E-state index is 11.2. The fourth-order valence-electron chi connectivity index (χ4n) is 2.01. The van der Waals surface area contributed by atoms with Crippen LogP contribution in [0.15, 0.2) is 18.2 Å². The molecule has 0 saturated heterocycles. The zero-order valence-electron chi connectivity index (χ0n) is 9.32. The lowest BCUT2D eigenvalue weighted by atomic mass is 10.1. The highest BCUT2D eigenvalue weighted by molar-refractivity contribution is 5.83. The van der Waals surface area contributed by atoms with Crippen LogP contribution < -0.4 is 15.8 Å². The molecule has 1 aliphatic heterocycles. The Hall–Kier alpha value is -1.71. The van der Waals surface area contributed by atoms with E-state index in [1.54, 1.807) is 7.11 Å². The van der Waals surface area contributed by atoms with Gasteiger partial charge in [0.05, 0.1) is 7.11 Å². The van der Waals surface area contributed by atoms with Gasteiger partial charge < -0.3 is 15.8 Å². The molecule has 0 saturated carbocycles. The van der Waals surface area contributed by atoms with Gasteiger partial charge in [0.2, 0.25) is 5.91 Å². The van der Waals surface area contributed by atoms with Crippen LogP contribution in [0.3, 0.4) is 0 Å². The number of carbonyl (C=O) groups is 1. The minimum Gasteiger partial charge on any atom is -0.497 e. The Labute approximate surface area is 94.8 Å². The number of anilines is 1. The molecule has 0 aliphatic carbocycles. The van der Waals surface area contributed by atoms with E-state index in [1.807, 2.05) is 18.2 Å². The summed E-state index contributed by atoms with van der Waals surface area (Å²) in [5.74, 6) is 0.557. The summed E-state index contributed by atoms with van der Waals surface area (Å²) in [6.45, 7) is 0. The van der Waals surface area contributed by atoms with Gasteiger partial charge >= 0.3 is 0 Å². The summed E-state index contributed by atoms with van der Waals surface area (Å²) in [7, 11) is 1.65. The first kappa shape index (κ1) is 10.8. The number of hydrogen-bond donors (Lipinski definition) is 2. The van der Waals surface area contributed by atoms with E-state index >= 15 is 0 Å². The monoisotopic (exact) mass is 220 g/mol. The minimum atomic E-state index is -0.288. The maximum absolute atomic E-state index is 11.2. The molecule has 86 valence electrons. The molecule has 0 radical (unpaired) electrons. The van der Waals surface area contributed by atoms with Crippen LogP contribution in [-0.2, 0) is 11.2 Å². The Balaban J connectivity index is 2.27. The van der Waals surface area contributed by atoms with Gasteiger partial charge in [-0.1, -0.05) is 0 Å². The van der Waals surface area contributed by atoms with Crippen molar-refractivity contribution in [2.45, 2.75) is 25.3 Å². The zero-order chi connectivity index (χ0) is 11.5. The van der Waals surface area contributed by atoms with Gasteiger partial charge in [-0.15, -0.1) is 0 Å². The van der Waals surface area contributed by atoms with Crippen molar-refractivity contribution in [3.63, 3.8) is 0 Å². The molecule has 16 heavy (non-hydrogen) atoms. The molecule has 1 atom stereocenters. The summed E-state index contributed by atoms with van der Waals surface area (Å²) in [4.78, 5) is 11.2. The van der Waals surface area contributed by atoms with Crippen molar-refractivity contribution in [1.29, 1.82) is 0 Å². The lowest BCUT2D eigenvalue weighted by Gasteiger charge is -2.14. The molecule has 3 N–H and O–H groups in total. The first-order valence-corrected chi connectivity index (χ1v) is 5.43. The van der Waals surface area contributed by atoms with Crippen LogP contribution in [0, 0.1) is 0 Å². The van der Waals surface area contributed by atoms with Gasteiger partial charge in [-0.3, -0.25) is 4.79 Å². The van der Waals surface area contributed by atoms with E-state index in [-0.39, 0.29) is 11.9 Å². The highest BCUT2D eigenvalue weighted by Gasteiger charge is 2.19. The minimum absolute atomic E-state index is 0.255. The predicted molar refractivity (Wildman–Crippen MR) is 62.5 cm³/mol. The number of amides is 1. The van der Waals surface area contributed by atoms with Gasteiger partial charge in [-0.05, 0) is 43.0 Å². The summed E-state index contributed by atoms with van der Waals surface area (Å²) in [5.41, 5.74) is 7.50. The summed E-state index contributed by atoms with van der Waals surface area (Å²) >= 11 is 0. The Morgan fingerprint density at radius 2 is 2.38 bits per heavy atom. The van der Waals surface area contributed by atoms with Gasteiger partial charge in [0.15, 0.2) is 0 Å². The smallest absolute Gasteiger partial charge is 0.239 e.